The molecule has 0 aliphatic rings. The Balaban J connectivity index is 3.18. The summed E-state index contributed by atoms with van der Waals surface area (Å²) in [7, 11) is 0. The molecule has 98 valence electrons. The van der Waals surface area contributed by atoms with Gasteiger partial charge in [0.1, 0.15) is 5.82 Å². The van der Waals surface area contributed by atoms with E-state index in [1.54, 1.807) is 6.92 Å². The number of rotatable bonds is 6. The number of carbonyl (C=O) groups excluding carboxylic acids is 1. The van der Waals surface area contributed by atoms with Gasteiger partial charge in [0, 0.05) is 17.1 Å². The molecule has 0 aromatic heterocycles. The van der Waals surface area contributed by atoms with Gasteiger partial charge in [0.05, 0.1) is 0 Å². The maximum absolute atomic E-state index is 13.7. The predicted molar refractivity (Wildman–Crippen MR) is 64.8 cm³/mol. The Morgan fingerprint density at radius 2 is 2.28 bits per heavy atom. The van der Waals surface area contributed by atoms with Crippen molar-refractivity contribution in [2.45, 2.75) is 19.4 Å². The molecule has 1 aromatic carbocycles. The van der Waals surface area contributed by atoms with E-state index in [0.717, 1.165) is 11.0 Å². The van der Waals surface area contributed by atoms with E-state index in [4.69, 9.17) is 16.7 Å². The molecule has 0 spiro atoms. The normalized spacial score (nSPS) is 11.9. The highest BCUT2D eigenvalue weighted by Crippen LogP contribution is 2.25. The summed E-state index contributed by atoms with van der Waals surface area (Å²) < 4.78 is 13.7. The summed E-state index contributed by atoms with van der Waals surface area (Å²) in [6.45, 7) is 2.04. The maximum atomic E-state index is 13.7. The highest BCUT2D eigenvalue weighted by molar-refractivity contribution is 6.30. The zero-order valence-electron chi connectivity index (χ0n) is 9.77. The second kappa shape index (κ2) is 6.35. The molecular weight excluding hydrogens is 261 g/mol. The number of amides is 1. The summed E-state index contributed by atoms with van der Waals surface area (Å²) in [5, 5.41) is 9.32. The van der Waals surface area contributed by atoms with Crippen LogP contribution in [0.2, 0.25) is 5.02 Å². The number of carboxylic acid groups (broad SMARTS) is 1. The third kappa shape index (κ3) is 3.20. The van der Waals surface area contributed by atoms with Gasteiger partial charge in [-0.05, 0) is 18.6 Å². The van der Waals surface area contributed by atoms with Crippen molar-refractivity contribution >= 4 is 24.0 Å². The molecule has 4 nitrogen and oxygen atoms in total. The number of hydrogen-bond acceptors (Lipinski definition) is 2. The average Bonchev–Trinajstić information content (AvgIpc) is 2.30. The summed E-state index contributed by atoms with van der Waals surface area (Å²) in [4.78, 5) is 23.2. The Morgan fingerprint density at radius 1 is 1.61 bits per heavy atom. The fourth-order valence-corrected chi connectivity index (χ4v) is 1.84. The van der Waals surface area contributed by atoms with Crippen LogP contribution in [0.5, 0.6) is 0 Å². The molecule has 0 radical (unpaired) electrons. The Kier molecular flexibility index (Phi) is 5.09. The van der Waals surface area contributed by atoms with Crippen LogP contribution in [0.25, 0.3) is 0 Å². The summed E-state index contributed by atoms with van der Waals surface area (Å²) in [5.74, 6) is -2.02. The van der Waals surface area contributed by atoms with Crippen LogP contribution in [0.15, 0.2) is 18.2 Å². The highest BCUT2D eigenvalue weighted by atomic mass is 35.5. The van der Waals surface area contributed by atoms with Crippen LogP contribution in [0.1, 0.15) is 24.9 Å². The average molecular weight is 274 g/mol. The van der Waals surface area contributed by atoms with Gasteiger partial charge in [0.2, 0.25) is 6.41 Å². The second-order valence-electron chi connectivity index (χ2n) is 3.75. The van der Waals surface area contributed by atoms with E-state index in [1.165, 1.54) is 12.1 Å². The van der Waals surface area contributed by atoms with E-state index in [1.807, 2.05) is 0 Å². The smallest absolute Gasteiger partial charge is 0.331 e. The van der Waals surface area contributed by atoms with Gasteiger partial charge < -0.3 is 10.0 Å². The molecule has 1 rings (SSSR count). The summed E-state index contributed by atoms with van der Waals surface area (Å²) in [5.41, 5.74) is -0.0764. The van der Waals surface area contributed by atoms with Crippen LogP contribution < -0.4 is 0 Å². The first-order chi connectivity index (χ1) is 8.51. The lowest BCUT2D eigenvalue weighted by Crippen LogP contribution is -2.34. The molecule has 0 aliphatic carbocycles. The van der Waals surface area contributed by atoms with E-state index in [-0.39, 0.29) is 17.1 Å². The van der Waals surface area contributed by atoms with Gasteiger partial charge in [0.15, 0.2) is 6.04 Å². The SMILES string of the molecule is CCCN(C=O)C(C(=O)O)c1ccc(Cl)cc1F. The van der Waals surface area contributed by atoms with Gasteiger partial charge >= 0.3 is 5.97 Å². The van der Waals surface area contributed by atoms with E-state index in [2.05, 4.69) is 0 Å². The van der Waals surface area contributed by atoms with Crippen molar-refractivity contribution in [1.82, 2.24) is 4.90 Å². The summed E-state index contributed by atoms with van der Waals surface area (Å²) >= 11 is 5.61. The van der Waals surface area contributed by atoms with E-state index in [0.29, 0.717) is 12.8 Å². The fourth-order valence-electron chi connectivity index (χ4n) is 1.68. The van der Waals surface area contributed by atoms with Gasteiger partial charge in [-0.25, -0.2) is 9.18 Å². The number of carboxylic acids is 1. The van der Waals surface area contributed by atoms with E-state index in [9.17, 15) is 14.0 Å². The Labute approximate surface area is 109 Å². The third-order valence-corrected chi connectivity index (χ3v) is 2.67. The molecule has 1 unspecified atom stereocenters. The lowest BCUT2D eigenvalue weighted by atomic mass is 10.0. The lowest BCUT2D eigenvalue weighted by molar-refractivity contribution is -0.146. The van der Waals surface area contributed by atoms with Crippen LogP contribution in [0.3, 0.4) is 0 Å². The van der Waals surface area contributed by atoms with Gasteiger partial charge in [-0.3, -0.25) is 4.79 Å². The standard InChI is InChI=1S/C12H13ClFNO3/c1-2-5-15(7-16)11(12(17)18)9-4-3-8(13)6-10(9)14/h3-4,6-7,11H,2,5H2,1H3,(H,17,18). The van der Waals surface area contributed by atoms with Crippen LogP contribution in [0.4, 0.5) is 4.39 Å². The number of hydrogen-bond donors (Lipinski definition) is 1. The predicted octanol–water partition coefficient (Wildman–Crippen LogP) is 2.47. The molecule has 0 fully saturated rings. The van der Waals surface area contributed by atoms with Crippen molar-refractivity contribution in [1.29, 1.82) is 0 Å². The number of nitrogens with zero attached hydrogens (tertiary/aromatic N) is 1. The summed E-state index contributed by atoms with van der Waals surface area (Å²) in [6.07, 6.45) is 0.994. The number of benzene rings is 1. The molecule has 0 bridgehead atoms. The van der Waals surface area contributed by atoms with Crippen LogP contribution in [0, 0.1) is 5.82 Å². The third-order valence-electron chi connectivity index (χ3n) is 2.44. The monoisotopic (exact) mass is 273 g/mol. The van der Waals surface area contributed by atoms with Crippen molar-refractivity contribution in [3.8, 4) is 0 Å². The molecule has 0 heterocycles. The van der Waals surface area contributed by atoms with Crippen LogP contribution in [-0.4, -0.2) is 28.9 Å². The Morgan fingerprint density at radius 3 is 2.72 bits per heavy atom. The van der Waals surface area contributed by atoms with Crippen LogP contribution >= 0.6 is 11.6 Å². The molecule has 0 aliphatic heterocycles. The number of carbonyl (C=O) groups is 2. The van der Waals surface area contributed by atoms with E-state index < -0.39 is 17.8 Å². The topological polar surface area (TPSA) is 57.6 Å². The fraction of sp³-hybridized carbons (Fsp3) is 0.333. The summed E-state index contributed by atoms with van der Waals surface area (Å²) in [6, 6.07) is 2.37. The quantitative estimate of drug-likeness (QED) is 0.810. The van der Waals surface area contributed by atoms with Gasteiger partial charge in [-0.2, -0.15) is 0 Å². The van der Waals surface area contributed by atoms with Crippen molar-refractivity contribution in [2.75, 3.05) is 6.54 Å². The number of halogens is 2. The molecule has 0 saturated carbocycles. The van der Waals surface area contributed by atoms with Crippen molar-refractivity contribution < 1.29 is 19.1 Å². The molecule has 1 N–H and O–H groups in total. The molecule has 1 atom stereocenters. The second-order valence-corrected chi connectivity index (χ2v) is 4.19. The van der Waals surface area contributed by atoms with Crippen LogP contribution in [-0.2, 0) is 9.59 Å². The minimum Gasteiger partial charge on any atom is -0.479 e. The molecule has 0 saturated heterocycles. The first kappa shape index (κ1) is 14.4. The molecule has 6 heteroatoms. The van der Waals surface area contributed by atoms with Crippen molar-refractivity contribution in [3.63, 3.8) is 0 Å². The van der Waals surface area contributed by atoms with Gasteiger partial charge in [0.25, 0.3) is 0 Å². The highest BCUT2D eigenvalue weighted by Gasteiger charge is 2.28. The zero-order chi connectivity index (χ0) is 13.7. The minimum absolute atomic E-state index is 0.0764. The number of aliphatic carboxylic acids is 1. The molecule has 18 heavy (non-hydrogen) atoms. The zero-order valence-corrected chi connectivity index (χ0v) is 10.5. The Hall–Kier alpha value is -1.62. The molecule has 1 aromatic rings. The molecule has 1 amide bonds. The van der Waals surface area contributed by atoms with Gasteiger partial charge in [-0.15, -0.1) is 0 Å². The lowest BCUT2D eigenvalue weighted by Gasteiger charge is -2.25. The van der Waals surface area contributed by atoms with E-state index >= 15 is 0 Å². The minimum atomic E-state index is -1.33. The van der Waals surface area contributed by atoms with Crippen molar-refractivity contribution in [2.24, 2.45) is 0 Å². The van der Waals surface area contributed by atoms with Crippen molar-refractivity contribution in [3.05, 3.63) is 34.6 Å². The van der Waals surface area contributed by atoms with Gasteiger partial charge in [-0.1, -0.05) is 24.6 Å². The first-order valence-corrected chi connectivity index (χ1v) is 5.77. The largest absolute Gasteiger partial charge is 0.479 e. The maximum Gasteiger partial charge on any atom is 0.331 e. The molecular formula is C12H13ClFNO3. The Bertz CT molecular complexity index is 453. The first-order valence-electron chi connectivity index (χ1n) is 5.40.